The molecule has 186 valence electrons. The van der Waals surface area contributed by atoms with Crippen LogP contribution >= 0.6 is 0 Å². The highest BCUT2D eigenvalue weighted by atomic mass is 16.3. The fourth-order valence-corrected chi connectivity index (χ4v) is 3.57. The lowest BCUT2D eigenvalue weighted by atomic mass is 9.88. The maximum Gasteiger partial charge on any atom is 0.172 e. The number of aromatic hydroxyl groups is 1. The van der Waals surface area contributed by atoms with Crippen LogP contribution in [-0.2, 0) is 17.6 Å². The molecule has 3 aromatic rings. The van der Waals surface area contributed by atoms with Crippen LogP contribution in [0, 0.1) is 5.41 Å². The third kappa shape index (κ3) is 6.05. The van der Waals surface area contributed by atoms with Gasteiger partial charge in [-0.1, -0.05) is 36.4 Å². The number of aldehydes is 1. The van der Waals surface area contributed by atoms with Crippen LogP contribution in [0.5, 0.6) is 5.75 Å². The maximum atomic E-state index is 10.9. The van der Waals surface area contributed by atoms with Crippen LogP contribution in [-0.4, -0.2) is 35.7 Å². The second-order valence-electron chi connectivity index (χ2n) is 7.99. The molecule has 0 radical (unpaired) electrons. The van der Waals surface area contributed by atoms with Gasteiger partial charge in [0, 0.05) is 23.9 Å². The van der Waals surface area contributed by atoms with E-state index in [0.29, 0.717) is 28.8 Å². The highest BCUT2D eigenvalue weighted by molar-refractivity contribution is 6.60. The van der Waals surface area contributed by atoms with E-state index in [0.717, 1.165) is 0 Å². The quantitative estimate of drug-likeness (QED) is 0.0671. The van der Waals surface area contributed by atoms with Gasteiger partial charge >= 0.3 is 0 Å². The van der Waals surface area contributed by atoms with E-state index in [9.17, 15) is 9.90 Å². The van der Waals surface area contributed by atoms with Crippen LogP contribution in [0.3, 0.4) is 0 Å². The number of nitrogens with zero attached hydrogens (tertiary/aromatic N) is 2. The van der Waals surface area contributed by atoms with Gasteiger partial charge in [-0.3, -0.25) is 10.2 Å². The van der Waals surface area contributed by atoms with Crippen LogP contribution in [0.15, 0.2) is 70.9 Å². The Hall–Kier alpha value is -4.70. The first-order valence-corrected chi connectivity index (χ1v) is 11.2. The SMILES string of the molecule is CC(=N)/C(C=O)=N/Nc1cccc(-c2cccc(/C(=N/N)NN)c2)c1O.CNc1ccc2c(c1)CC2. The first kappa shape index (κ1) is 25.9. The minimum absolute atomic E-state index is 0.0127. The minimum Gasteiger partial charge on any atom is -0.505 e. The van der Waals surface area contributed by atoms with Gasteiger partial charge in [0.25, 0.3) is 0 Å². The molecule has 0 saturated heterocycles. The van der Waals surface area contributed by atoms with Crippen molar-refractivity contribution in [2.45, 2.75) is 19.8 Å². The summed E-state index contributed by atoms with van der Waals surface area (Å²) in [5.41, 5.74) is 11.4. The molecule has 10 heteroatoms. The number of hydrazine groups is 1. The maximum absolute atomic E-state index is 10.9. The first-order chi connectivity index (χ1) is 17.4. The lowest BCUT2D eigenvalue weighted by molar-refractivity contribution is -0.102. The number of fused-ring (bicyclic) bond motifs is 1. The molecule has 4 rings (SSSR count). The van der Waals surface area contributed by atoms with Crippen molar-refractivity contribution in [3.8, 4) is 16.9 Å². The van der Waals surface area contributed by atoms with E-state index in [1.54, 1.807) is 42.5 Å². The summed E-state index contributed by atoms with van der Waals surface area (Å²) in [6, 6.07) is 18.7. The van der Waals surface area contributed by atoms with Gasteiger partial charge in [-0.25, -0.2) is 5.84 Å². The van der Waals surface area contributed by atoms with Gasteiger partial charge in [-0.2, -0.15) is 10.2 Å². The number of hydrogen-bond donors (Lipinski definition) is 7. The van der Waals surface area contributed by atoms with Crippen molar-refractivity contribution in [1.29, 1.82) is 5.41 Å². The fourth-order valence-electron chi connectivity index (χ4n) is 3.57. The average molecular weight is 487 g/mol. The number of nitrogens with two attached hydrogens (primary N) is 2. The van der Waals surface area contributed by atoms with E-state index in [2.05, 4.69) is 44.6 Å². The lowest BCUT2D eigenvalue weighted by Crippen LogP contribution is -2.32. The second-order valence-corrected chi connectivity index (χ2v) is 7.99. The number of anilines is 2. The van der Waals surface area contributed by atoms with Crippen molar-refractivity contribution >= 4 is 34.9 Å². The summed E-state index contributed by atoms with van der Waals surface area (Å²) >= 11 is 0. The summed E-state index contributed by atoms with van der Waals surface area (Å²) in [4.78, 5) is 10.9. The number of rotatable bonds is 7. The Kier molecular flexibility index (Phi) is 8.73. The Bertz CT molecular complexity index is 1320. The van der Waals surface area contributed by atoms with E-state index in [1.807, 2.05) is 7.05 Å². The summed E-state index contributed by atoms with van der Waals surface area (Å²) in [5.74, 6) is 10.9. The van der Waals surface area contributed by atoms with E-state index in [1.165, 1.54) is 36.6 Å². The summed E-state index contributed by atoms with van der Waals surface area (Å²) < 4.78 is 0. The van der Waals surface area contributed by atoms with Crippen molar-refractivity contribution in [2.75, 3.05) is 17.8 Å². The number of aryl methyl sites for hydroxylation is 2. The summed E-state index contributed by atoms with van der Waals surface area (Å²) in [7, 11) is 1.96. The highest BCUT2D eigenvalue weighted by Crippen LogP contribution is 2.35. The molecular weight excluding hydrogens is 456 g/mol. The molecule has 0 spiro atoms. The number of benzene rings is 3. The molecule has 0 saturated carbocycles. The monoisotopic (exact) mass is 486 g/mol. The van der Waals surface area contributed by atoms with Gasteiger partial charge in [0.15, 0.2) is 12.1 Å². The standard InChI is InChI=1S/C17H19N7O2.C9H11N/c1-10(18)15(9-25)24-23-14-7-3-6-13(16(14)26)11-4-2-5-12(8-11)17(21-19)22-20;1-10-9-5-4-7-2-3-8(7)6-9/h2-9,18,23,26H,19-20H2,1H3,(H,21,22);4-6,10H,2-3H2,1H3/b18-10?,24-15+;. The molecule has 0 aromatic heterocycles. The molecular formula is C26H30N8O2. The number of phenolic OH excluding ortho intramolecular Hbond substituents is 1. The predicted octanol–water partition coefficient (Wildman–Crippen LogP) is 2.98. The van der Waals surface area contributed by atoms with Gasteiger partial charge < -0.3 is 27.1 Å². The third-order valence-electron chi connectivity index (χ3n) is 5.70. The average Bonchev–Trinajstić information content (AvgIpc) is 2.87. The molecule has 1 aliphatic rings. The van der Waals surface area contributed by atoms with Crippen molar-refractivity contribution in [1.82, 2.24) is 5.43 Å². The third-order valence-corrected chi connectivity index (χ3v) is 5.70. The molecule has 0 aliphatic heterocycles. The highest BCUT2D eigenvalue weighted by Gasteiger charge is 2.12. The molecule has 3 aromatic carbocycles. The molecule has 1 aliphatic carbocycles. The number of hydrogen-bond acceptors (Lipinski definition) is 9. The molecule has 0 amide bonds. The van der Waals surface area contributed by atoms with Crippen molar-refractivity contribution in [3.63, 3.8) is 0 Å². The number of hydrazone groups is 2. The van der Waals surface area contributed by atoms with E-state index >= 15 is 0 Å². The Labute approximate surface area is 209 Å². The van der Waals surface area contributed by atoms with Crippen LogP contribution in [0.4, 0.5) is 11.4 Å². The van der Waals surface area contributed by atoms with Crippen molar-refractivity contribution in [3.05, 3.63) is 77.4 Å². The van der Waals surface area contributed by atoms with Gasteiger partial charge in [0.05, 0.1) is 11.4 Å². The van der Waals surface area contributed by atoms with E-state index < -0.39 is 0 Å². The van der Waals surface area contributed by atoms with Gasteiger partial charge in [-0.05, 0) is 60.7 Å². The topological polar surface area (TPSA) is 174 Å². The molecule has 0 bridgehead atoms. The number of para-hydroxylation sites is 1. The number of amidine groups is 1. The number of carbonyl (C=O) groups is 1. The zero-order valence-corrected chi connectivity index (χ0v) is 20.2. The summed E-state index contributed by atoms with van der Waals surface area (Å²) in [6.45, 7) is 1.44. The summed E-state index contributed by atoms with van der Waals surface area (Å²) in [5, 5.41) is 28.5. The lowest BCUT2D eigenvalue weighted by Gasteiger charge is -2.18. The Balaban J connectivity index is 0.000000297. The Morgan fingerprint density at radius 2 is 1.83 bits per heavy atom. The normalized spacial score (nSPS) is 12.3. The van der Waals surface area contributed by atoms with Crippen LogP contribution < -0.4 is 27.9 Å². The molecule has 0 atom stereocenters. The largest absolute Gasteiger partial charge is 0.505 e. The molecule has 0 fully saturated rings. The van der Waals surface area contributed by atoms with Crippen molar-refractivity contribution in [2.24, 2.45) is 21.9 Å². The number of carbonyl (C=O) groups excluding carboxylic acids is 1. The van der Waals surface area contributed by atoms with Crippen molar-refractivity contribution < 1.29 is 9.90 Å². The Morgan fingerprint density at radius 3 is 2.42 bits per heavy atom. The number of phenols is 1. The molecule has 10 nitrogen and oxygen atoms in total. The summed E-state index contributed by atoms with van der Waals surface area (Å²) in [6.07, 6.45) is 3.01. The Morgan fingerprint density at radius 1 is 1.08 bits per heavy atom. The zero-order valence-electron chi connectivity index (χ0n) is 20.2. The first-order valence-electron chi connectivity index (χ1n) is 11.2. The van der Waals surface area contributed by atoms with Gasteiger partial charge in [0.1, 0.15) is 11.5 Å². The van der Waals surface area contributed by atoms with Crippen LogP contribution in [0.1, 0.15) is 23.6 Å². The van der Waals surface area contributed by atoms with Crippen LogP contribution in [0.25, 0.3) is 11.1 Å². The fraction of sp³-hybridized carbons (Fsp3) is 0.154. The van der Waals surface area contributed by atoms with E-state index in [-0.39, 0.29) is 22.9 Å². The van der Waals surface area contributed by atoms with Gasteiger partial charge in [0.2, 0.25) is 0 Å². The predicted molar refractivity (Wildman–Crippen MR) is 146 cm³/mol. The molecule has 0 unspecified atom stereocenters. The van der Waals surface area contributed by atoms with Gasteiger partial charge in [-0.15, -0.1) is 0 Å². The minimum atomic E-state index is -0.0618. The number of nitrogens with one attached hydrogen (secondary N) is 4. The smallest absolute Gasteiger partial charge is 0.172 e. The van der Waals surface area contributed by atoms with Crippen LogP contribution in [0.2, 0.25) is 0 Å². The molecule has 0 heterocycles. The van der Waals surface area contributed by atoms with E-state index in [4.69, 9.17) is 17.1 Å². The molecule has 9 N–H and O–H groups in total. The zero-order chi connectivity index (χ0) is 26.1. The molecule has 36 heavy (non-hydrogen) atoms. The second kappa shape index (κ2) is 12.1.